The molecule has 1 aromatic heterocycles. The van der Waals surface area contributed by atoms with Crippen LogP contribution in [0.5, 0.6) is 0 Å². The van der Waals surface area contributed by atoms with Crippen molar-refractivity contribution in [3.05, 3.63) is 24.2 Å². The van der Waals surface area contributed by atoms with Gasteiger partial charge < -0.3 is 15.1 Å². The number of rotatable bonds is 8. The second-order valence-corrected chi connectivity index (χ2v) is 6.41. The molecule has 0 saturated heterocycles. The van der Waals surface area contributed by atoms with Gasteiger partial charge in [0, 0.05) is 6.04 Å². The van der Waals surface area contributed by atoms with E-state index in [0.29, 0.717) is 12.3 Å². The van der Waals surface area contributed by atoms with Crippen LogP contribution in [-0.4, -0.2) is 35.9 Å². The Morgan fingerprint density at radius 2 is 2.19 bits per heavy atom. The first kappa shape index (κ1) is 15.9. The van der Waals surface area contributed by atoms with Crippen LogP contribution in [-0.2, 0) is 4.79 Å². The van der Waals surface area contributed by atoms with E-state index in [1.54, 1.807) is 23.9 Å². The summed E-state index contributed by atoms with van der Waals surface area (Å²) in [6.45, 7) is 2.02. The van der Waals surface area contributed by atoms with Crippen LogP contribution in [0.3, 0.4) is 0 Å². The predicted molar refractivity (Wildman–Crippen MR) is 83.3 cm³/mol. The second kappa shape index (κ2) is 7.54. The number of thioether (sulfide) groups is 1. The molecule has 1 fully saturated rings. The van der Waals surface area contributed by atoms with Crippen molar-refractivity contribution in [2.24, 2.45) is 5.92 Å². The number of nitrogens with one attached hydrogen (secondary N) is 2. The summed E-state index contributed by atoms with van der Waals surface area (Å²) in [4.78, 5) is 24.4. The molecule has 2 amide bonds. The lowest BCUT2D eigenvalue weighted by atomic mass is 10.1. The molecule has 6 heteroatoms. The maximum Gasteiger partial charge on any atom is 0.287 e. The van der Waals surface area contributed by atoms with E-state index in [2.05, 4.69) is 10.6 Å². The monoisotopic (exact) mass is 310 g/mol. The minimum atomic E-state index is -0.517. The fourth-order valence-corrected chi connectivity index (χ4v) is 2.65. The summed E-state index contributed by atoms with van der Waals surface area (Å²) in [5.41, 5.74) is 0. The first-order chi connectivity index (χ1) is 10.1. The first-order valence-corrected chi connectivity index (χ1v) is 8.65. The van der Waals surface area contributed by atoms with E-state index in [1.807, 2.05) is 13.2 Å². The van der Waals surface area contributed by atoms with Crippen molar-refractivity contribution in [2.45, 2.75) is 38.3 Å². The van der Waals surface area contributed by atoms with E-state index >= 15 is 0 Å². The number of hydrogen-bond acceptors (Lipinski definition) is 4. The third-order valence-corrected chi connectivity index (χ3v) is 4.32. The molecule has 0 spiro atoms. The maximum absolute atomic E-state index is 12.3. The highest BCUT2D eigenvalue weighted by molar-refractivity contribution is 7.98. The molecule has 0 unspecified atom stereocenters. The summed E-state index contributed by atoms with van der Waals surface area (Å²) in [6.07, 6.45) is 6.39. The fourth-order valence-electron chi connectivity index (χ4n) is 2.18. The van der Waals surface area contributed by atoms with E-state index in [1.165, 1.54) is 19.1 Å². The fraction of sp³-hybridized carbons (Fsp3) is 0.600. The zero-order chi connectivity index (χ0) is 15.2. The van der Waals surface area contributed by atoms with Crippen molar-refractivity contribution in [1.82, 2.24) is 10.6 Å². The second-order valence-electron chi connectivity index (χ2n) is 5.42. The molecule has 2 rings (SSSR count). The number of furan rings is 1. The predicted octanol–water partition coefficient (Wildman–Crippen LogP) is 2.05. The van der Waals surface area contributed by atoms with Crippen molar-refractivity contribution in [2.75, 3.05) is 12.0 Å². The van der Waals surface area contributed by atoms with Crippen LogP contribution in [0, 0.1) is 5.92 Å². The van der Waals surface area contributed by atoms with Gasteiger partial charge in [-0.2, -0.15) is 11.8 Å². The Morgan fingerprint density at radius 3 is 2.76 bits per heavy atom. The summed E-state index contributed by atoms with van der Waals surface area (Å²) in [5.74, 6) is 1.18. The summed E-state index contributed by atoms with van der Waals surface area (Å²) in [5, 5.41) is 5.77. The Bertz CT molecular complexity index is 471. The van der Waals surface area contributed by atoms with Crippen LogP contribution in [0.15, 0.2) is 22.8 Å². The highest BCUT2D eigenvalue weighted by atomic mass is 32.2. The van der Waals surface area contributed by atoms with Gasteiger partial charge in [-0.15, -0.1) is 0 Å². The van der Waals surface area contributed by atoms with Gasteiger partial charge in [0.25, 0.3) is 5.91 Å². The third-order valence-electron chi connectivity index (χ3n) is 3.68. The van der Waals surface area contributed by atoms with Crippen molar-refractivity contribution in [3.8, 4) is 0 Å². The average Bonchev–Trinajstić information content (AvgIpc) is 3.18. The SMILES string of the molecule is CSCC[C@@H](NC(=O)c1ccco1)C(=O)N[C@H](C)C1CC1. The molecule has 116 valence electrons. The van der Waals surface area contributed by atoms with Crippen LogP contribution >= 0.6 is 11.8 Å². The van der Waals surface area contributed by atoms with E-state index < -0.39 is 6.04 Å². The Balaban J connectivity index is 1.92. The molecule has 1 aliphatic rings. The maximum atomic E-state index is 12.3. The summed E-state index contributed by atoms with van der Waals surface area (Å²) in [6, 6.07) is 2.90. The number of carbonyl (C=O) groups excluding carboxylic acids is 2. The summed E-state index contributed by atoms with van der Waals surface area (Å²) in [7, 11) is 0. The van der Waals surface area contributed by atoms with E-state index in [-0.39, 0.29) is 23.6 Å². The Morgan fingerprint density at radius 1 is 1.43 bits per heavy atom. The van der Waals surface area contributed by atoms with Crippen LogP contribution < -0.4 is 10.6 Å². The van der Waals surface area contributed by atoms with Gasteiger partial charge in [-0.05, 0) is 56.2 Å². The molecule has 2 atom stereocenters. The van der Waals surface area contributed by atoms with Crippen molar-refractivity contribution in [3.63, 3.8) is 0 Å². The Kier molecular flexibility index (Phi) is 5.73. The van der Waals surface area contributed by atoms with Gasteiger partial charge in [-0.25, -0.2) is 0 Å². The standard InChI is InChI=1S/C15H22N2O3S/c1-10(11-5-6-11)16-14(18)12(7-9-21-2)17-15(19)13-4-3-8-20-13/h3-4,8,10-12H,5-7,9H2,1-2H3,(H,16,18)(H,17,19)/t10-,12-/m1/s1. The van der Waals surface area contributed by atoms with Crippen molar-refractivity contribution < 1.29 is 14.0 Å². The number of amides is 2. The lowest BCUT2D eigenvalue weighted by Crippen LogP contribution is -2.49. The van der Waals surface area contributed by atoms with E-state index in [9.17, 15) is 9.59 Å². The van der Waals surface area contributed by atoms with Crippen molar-refractivity contribution in [1.29, 1.82) is 0 Å². The van der Waals surface area contributed by atoms with Crippen molar-refractivity contribution >= 4 is 23.6 Å². The van der Waals surface area contributed by atoms with Gasteiger partial charge in [-0.3, -0.25) is 9.59 Å². The molecule has 0 aliphatic heterocycles. The topological polar surface area (TPSA) is 71.3 Å². The lowest BCUT2D eigenvalue weighted by molar-refractivity contribution is -0.123. The highest BCUT2D eigenvalue weighted by Gasteiger charge is 2.31. The smallest absolute Gasteiger partial charge is 0.287 e. The quantitative estimate of drug-likeness (QED) is 0.771. The molecule has 21 heavy (non-hydrogen) atoms. The molecular formula is C15H22N2O3S. The summed E-state index contributed by atoms with van der Waals surface area (Å²) < 4.78 is 5.06. The summed E-state index contributed by atoms with van der Waals surface area (Å²) >= 11 is 1.65. The average molecular weight is 310 g/mol. The third kappa shape index (κ3) is 4.81. The normalized spacial score (nSPS) is 17.0. The van der Waals surface area contributed by atoms with E-state index in [4.69, 9.17) is 4.42 Å². The zero-order valence-electron chi connectivity index (χ0n) is 12.4. The van der Waals surface area contributed by atoms with Gasteiger partial charge >= 0.3 is 0 Å². The first-order valence-electron chi connectivity index (χ1n) is 7.25. The molecule has 1 saturated carbocycles. The lowest BCUT2D eigenvalue weighted by Gasteiger charge is -2.20. The van der Waals surface area contributed by atoms with Gasteiger partial charge in [0.05, 0.1) is 6.26 Å². The molecule has 1 aliphatic carbocycles. The molecule has 0 radical (unpaired) electrons. The van der Waals surface area contributed by atoms with Gasteiger partial charge in [-0.1, -0.05) is 0 Å². The van der Waals surface area contributed by atoms with E-state index in [0.717, 1.165) is 5.75 Å². The van der Waals surface area contributed by atoms with Crippen LogP contribution in [0.2, 0.25) is 0 Å². The minimum absolute atomic E-state index is 0.108. The van der Waals surface area contributed by atoms with Crippen LogP contribution in [0.1, 0.15) is 36.7 Å². The molecule has 2 N–H and O–H groups in total. The number of carbonyl (C=O) groups is 2. The largest absolute Gasteiger partial charge is 0.459 e. The van der Waals surface area contributed by atoms with Gasteiger partial charge in [0.2, 0.25) is 5.91 Å². The van der Waals surface area contributed by atoms with Crippen LogP contribution in [0.25, 0.3) is 0 Å². The van der Waals surface area contributed by atoms with Crippen LogP contribution in [0.4, 0.5) is 0 Å². The molecule has 0 aromatic carbocycles. The highest BCUT2D eigenvalue weighted by Crippen LogP contribution is 2.32. The molecule has 1 heterocycles. The molecule has 0 bridgehead atoms. The van der Waals surface area contributed by atoms with Gasteiger partial charge in [0.15, 0.2) is 5.76 Å². The number of hydrogen-bond donors (Lipinski definition) is 2. The Labute approximate surface area is 129 Å². The molecule has 5 nitrogen and oxygen atoms in total. The molecular weight excluding hydrogens is 288 g/mol. The zero-order valence-corrected chi connectivity index (χ0v) is 13.2. The molecule has 1 aromatic rings. The minimum Gasteiger partial charge on any atom is -0.459 e. The Hall–Kier alpha value is -1.43. The van der Waals surface area contributed by atoms with Gasteiger partial charge in [0.1, 0.15) is 6.04 Å².